The number of hydrogen-bond acceptors (Lipinski definition) is 2. The molecule has 0 saturated heterocycles. The molecule has 0 aliphatic heterocycles. The van der Waals surface area contributed by atoms with Gasteiger partial charge in [-0.25, -0.2) is 0 Å². The van der Waals surface area contributed by atoms with Crippen LogP contribution in [0.2, 0.25) is 0 Å². The summed E-state index contributed by atoms with van der Waals surface area (Å²) in [5, 5.41) is 2.24. The molecule has 0 spiro atoms. The normalized spacial score (nSPS) is 12.0. The fourth-order valence-corrected chi connectivity index (χ4v) is 2.34. The summed E-state index contributed by atoms with van der Waals surface area (Å²) in [6, 6.07) is 18.4. The summed E-state index contributed by atoms with van der Waals surface area (Å²) < 4.78 is 0. The summed E-state index contributed by atoms with van der Waals surface area (Å²) in [6.45, 7) is 5.96. The van der Waals surface area contributed by atoms with Crippen LogP contribution in [-0.2, 0) is 4.79 Å². The first-order valence-electron chi connectivity index (χ1n) is 7.38. The Morgan fingerprint density at radius 2 is 1.50 bits per heavy atom. The summed E-state index contributed by atoms with van der Waals surface area (Å²) in [4.78, 5) is 13.9. The van der Waals surface area contributed by atoms with E-state index in [1.54, 1.807) is 6.92 Å². The van der Waals surface area contributed by atoms with Gasteiger partial charge in [-0.05, 0) is 57.2 Å². The fraction of sp³-hybridized carbons (Fsp3) is 0.278. The van der Waals surface area contributed by atoms with Gasteiger partial charge in [0.05, 0.1) is 0 Å². The number of alkyl halides is 1. The van der Waals surface area contributed by atoms with Gasteiger partial charge in [0, 0.05) is 23.1 Å². The molecule has 4 heteroatoms. The first-order valence-corrected chi connectivity index (χ1v) is 7.82. The highest BCUT2D eigenvalue weighted by Crippen LogP contribution is 2.28. The number of benzene rings is 2. The molecule has 0 fully saturated rings. The lowest BCUT2D eigenvalue weighted by Gasteiger charge is -2.29. The quantitative estimate of drug-likeness (QED) is 0.804. The number of amides is 1. The van der Waals surface area contributed by atoms with Crippen molar-refractivity contribution >= 4 is 34.6 Å². The summed E-state index contributed by atoms with van der Waals surface area (Å²) in [7, 11) is 0. The largest absolute Gasteiger partial charge is 0.339 e. The molecule has 1 amide bonds. The third kappa shape index (κ3) is 4.01. The zero-order chi connectivity index (χ0) is 16.1. The Morgan fingerprint density at radius 3 is 2.00 bits per heavy atom. The number of carbonyl (C=O) groups excluding carboxylic acids is 1. The van der Waals surface area contributed by atoms with Gasteiger partial charge in [-0.15, -0.1) is 11.6 Å². The number of nitrogens with zero attached hydrogens (tertiary/aromatic N) is 1. The van der Waals surface area contributed by atoms with Crippen LogP contribution < -0.4 is 10.2 Å². The standard InChI is InChI=1S/C18H21ClN2O/c1-13(2)21(16-7-5-4-6-8-16)17-11-9-15(10-12-17)20-18(22)14(3)19/h4-14H,1-3H3,(H,20,22)/t14-/m1/s1. The number of anilines is 3. The van der Waals surface area contributed by atoms with Crippen LogP contribution in [0.4, 0.5) is 17.1 Å². The van der Waals surface area contributed by atoms with Crippen LogP contribution in [-0.4, -0.2) is 17.3 Å². The lowest BCUT2D eigenvalue weighted by Crippen LogP contribution is -2.25. The minimum atomic E-state index is -0.545. The minimum absolute atomic E-state index is 0.196. The fourth-order valence-electron chi connectivity index (χ4n) is 2.28. The monoisotopic (exact) mass is 316 g/mol. The summed E-state index contributed by atoms with van der Waals surface area (Å²) in [6.07, 6.45) is 0. The van der Waals surface area contributed by atoms with E-state index in [4.69, 9.17) is 11.6 Å². The van der Waals surface area contributed by atoms with Crippen molar-refractivity contribution in [2.45, 2.75) is 32.2 Å². The van der Waals surface area contributed by atoms with Crippen molar-refractivity contribution in [3.63, 3.8) is 0 Å². The average molecular weight is 317 g/mol. The van der Waals surface area contributed by atoms with E-state index in [1.807, 2.05) is 42.5 Å². The van der Waals surface area contributed by atoms with Gasteiger partial charge in [0.15, 0.2) is 0 Å². The van der Waals surface area contributed by atoms with E-state index in [1.165, 1.54) is 0 Å². The van der Waals surface area contributed by atoms with Gasteiger partial charge >= 0.3 is 0 Å². The van der Waals surface area contributed by atoms with Crippen molar-refractivity contribution in [2.75, 3.05) is 10.2 Å². The molecule has 2 rings (SSSR count). The Hall–Kier alpha value is -2.00. The van der Waals surface area contributed by atoms with Crippen molar-refractivity contribution in [3.8, 4) is 0 Å². The van der Waals surface area contributed by atoms with Crippen LogP contribution in [0.1, 0.15) is 20.8 Å². The first kappa shape index (κ1) is 16.4. The van der Waals surface area contributed by atoms with Gasteiger partial charge in [-0.3, -0.25) is 4.79 Å². The van der Waals surface area contributed by atoms with Crippen molar-refractivity contribution in [3.05, 3.63) is 54.6 Å². The van der Waals surface area contributed by atoms with E-state index in [0.717, 1.165) is 17.1 Å². The predicted molar refractivity (Wildman–Crippen MR) is 94.1 cm³/mol. The molecule has 0 radical (unpaired) electrons. The maximum atomic E-state index is 11.6. The Morgan fingerprint density at radius 1 is 0.955 bits per heavy atom. The number of rotatable bonds is 5. The molecule has 0 aliphatic rings. The second kappa shape index (κ2) is 7.32. The predicted octanol–water partition coefficient (Wildman–Crippen LogP) is 4.80. The van der Waals surface area contributed by atoms with Crippen LogP contribution in [0.5, 0.6) is 0 Å². The molecule has 1 N–H and O–H groups in total. The van der Waals surface area contributed by atoms with E-state index in [0.29, 0.717) is 6.04 Å². The van der Waals surface area contributed by atoms with Crippen LogP contribution in [0.15, 0.2) is 54.6 Å². The van der Waals surface area contributed by atoms with E-state index >= 15 is 0 Å². The van der Waals surface area contributed by atoms with E-state index in [-0.39, 0.29) is 5.91 Å². The van der Waals surface area contributed by atoms with Gasteiger partial charge in [0.25, 0.3) is 0 Å². The molecule has 1 atom stereocenters. The number of halogens is 1. The summed E-state index contributed by atoms with van der Waals surface area (Å²) in [5.41, 5.74) is 2.97. The molecule has 0 bridgehead atoms. The van der Waals surface area contributed by atoms with Crippen LogP contribution in [0.25, 0.3) is 0 Å². The van der Waals surface area contributed by atoms with Crippen LogP contribution >= 0.6 is 11.6 Å². The van der Waals surface area contributed by atoms with E-state index < -0.39 is 5.38 Å². The maximum absolute atomic E-state index is 11.6. The van der Waals surface area contributed by atoms with Gasteiger partial charge < -0.3 is 10.2 Å². The highest BCUT2D eigenvalue weighted by Gasteiger charge is 2.13. The van der Waals surface area contributed by atoms with Gasteiger partial charge in [0.2, 0.25) is 5.91 Å². The second-order valence-electron chi connectivity index (χ2n) is 5.45. The molecule has 3 nitrogen and oxygen atoms in total. The lowest BCUT2D eigenvalue weighted by molar-refractivity contribution is -0.115. The molecule has 0 aromatic heterocycles. The van der Waals surface area contributed by atoms with Crippen molar-refractivity contribution in [2.24, 2.45) is 0 Å². The van der Waals surface area contributed by atoms with Crippen molar-refractivity contribution in [1.29, 1.82) is 0 Å². The molecule has 2 aromatic rings. The zero-order valence-corrected chi connectivity index (χ0v) is 13.8. The highest BCUT2D eigenvalue weighted by molar-refractivity contribution is 6.32. The smallest absolute Gasteiger partial charge is 0.242 e. The lowest BCUT2D eigenvalue weighted by atomic mass is 10.2. The second-order valence-corrected chi connectivity index (χ2v) is 6.11. The number of carbonyl (C=O) groups is 1. The molecule has 0 unspecified atom stereocenters. The molecule has 22 heavy (non-hydrogen) atoms. The first-order chi connectivity index (χ1) is 10.5. The average Bonchev–Trinajstić information content (AvgIpc) is 2.50. The molecule has 0 aliphatic carbocycles. The molecule has 0 saturated carbocycles. The number of hydrogen-bond donors (Lipinski definition) is 1. The van der Waals surface area contributed by atoms with E-state index in [9.17, 15) is 4.79 Å². The minimum Gasteiger partial charge on any atom is -0.339 e. The van der Waals surface area contributed by atoms with Gasteiger partial charge in [-0.2, -0.15) is 0 Å². The Bertz CT molecular complexity index is 609. The SMILES string of the molecule is CC(C)N(c1ccccc1)c1ccc(NC(=O)[C@@H](C)Cl)cc1. The third-order valence-corrected chi connectivity index (χ3v) is 3.52. The summed E-state index contributed by atoms with van der Waals surface area (Å²) >= 11 is 5.76. The van der Waals surface area contributed by atoms with Crippen LogP contribution in [0, 0.1) is 0 Å². The van der Waals surface area contributed by atoms with Gasteiger partial charge in [-0.1, -0.05) is 18.2 Å². The number of nitrogens with one attached hydrogen (secondary N) is 1. The third-order valence-electron chi connectivity index (χ3n) is 3.33. The Kier molecular flexibility index (Phi) is 5.45. The van der Waals surface area contributed by atoms with E-state index in [2.05, 4.69) is 36.2 Å². The summed E-state index contributed by atoms with van der Waals surface area (Å²) in [5.74, 6) is -0.196. The Balaban J connectivity index is 2.22. The number of para-hydroxylation sites is 1. The van der Waals surface area contributed by atoms with Crippen molar-refractivity contribution < 1.29 is 4.79 Å². The maximum Gasteiger partial charge on any atom is 0.242 e. The topological polar surface area (TPSA) is 32.3 Å². The molecular formula is C18H21ClN2O. The molecular weight excluding hydrogens is 296 g/mol. The van der Waals surface area contributed by atoms with Crippen LogP contribution in [0.3, 0.4) is 0 Å². The van der Waals surface area contributed by atoms with Crippen molar-refractivity contribution in [1.82, 2.24) is 0 Å². The highest BCUT2D eigenvalue weighted by atomic mass is 35.5. The molecule has 0 heterocycles. The molecule has 116 valence electrons. The Labute approximate surface area is 136 Å². The van der Waals surface area contributed by atoms with Gasteiger partial charge in [0.1, 0.15) is 5.38 Å². The molecule has 2 aromatic carbocycles. The zero-order valence-electron chi connectivity index (χ0n) is 13.1.